The Bertz CT molecular complexity index is 490. The average molecular weight is 252 g/mol. The summed E-state index contributed by atoms with van der Waals surface area (Å²) in [5.74, 6) is -1.49. The van der Waals surface area contributed by atoms with Crippen molar-refractivity contribution in [1.82, 2.24) is 10.2 Å². The lowest BCUT2D eigenvalue weighted by Crippen LogP contribution is -2.34. The zero-order valence-corrected chi connectivity index (χ0v) is 9.65. The SMILES string of the molecule is O=C1CCN(C(=O)c2ccc(F)cc2O)CCN1. The molecule has 1 aliphatic heterocycles. The fourth-order valence-corrected chi connectivity index (χ4v) is 1.83. The molecule has 1 heterocycles. The van der Waals surface area contributed by atoms with Gasteiger partial charge in [0.05, 0.1) is 5.56 Å². The van der Waals surface area contributed by atoms with E-state index in [1.54, 1.807) is 0 Å². The van der Waals surface area contributed by atoms with Crippen LogP contribution < -0.4 is 5.32 Å². The monoisotopic (exact) mass is 252 g/mol. The molecule has 0 bridgehead atoms. The molecule has 96 valence electrons. The Balaban J connectivity index is 2.17. The van der Waals surface area contributed by atoms with E-state index in [2.05, 4.69) is 5.32 Å². The first kappa shape index (κ1) is 12.3. The third-order valence-corrected chi connectivity index (χ3v) is 2.79. The van der Waals surface area contributed by atoms with Crippen molar-refractivity contribution in [2.24, 2.45) is 0 Å². The number of hydrogen-bond acceptors (Lipinski definition) is 3. The lowest BCUT2D eigenvalue weighted by molar-refractivity contribution is -0.120. The molecule has 0 saturated carbocycles. The van der Waals surface area contributed by atoms with Crippen LogP contribution in [0.1, 0.15) is 16.8 Å². The minimum atomic E-state index is -0.600. The van der Waals surface area contributed by atoms with Crippen LogP contribution >= 0.6 is 0 Å². The van der Waals surface area contributed by atoms with Crippen molar-refractivity contribution in [3.8, 4) is 5.75 Å². The van der Waals surface area contributed by atoms with Gasteiger partial charge in [-0.2, -0.15) is 0 Å². The summed E-state index contributed by atoms with van der Waals surface area (Å²) in [5, 5.41) is 12.2. The van der Waals surface area contributed by atoms with Crippen LogP contribution in [0.15, 0.2) is 18.2 Å². The number of phenols is 1. The van der Waals surface area contributed by atoms with Crippen LogP contribution in [0.2, 0.25) is 0 Å². The van der Waals surface area contributed by atoms with E-state index >= 15 is 0 Å². The van der Waals surface area contributed by atoms with Gasteiger partial charge < -0.3 is 15.3 Å². The van der Waals surface area contributed by atoms with Crippen molar-refractivity contribution >= 4 is 11.8 Å². The molecule has 18 heavy (non-hydrogen) atoms. The molecule has 1 fully saturated rings. The van der Waals surface area contributed by atoms with Crippen LogP contribution in [0.25, 0.3) is 0 Å². The number of phenolic OH excluding ortho intramolecular Hbond substituents is 1. The highest BCUT2D eigenvalue weighted by Gasteiger charge is 2.22. The maximum atomic E-state index is 12.8. The summed E-state index contributed by atoms with van der Waals surface area (Å²) >= 11 is 0. The predicted molar refractivity (Wildman–Crippen MR) is 61.6 cm³/mol. The number of nitrogens with zero attached hydrogens (tertiary/aromatic N) is 1. The molecule has 1 aliphatic rings. The van der Waals surface area contributed by atoms with Gasteiger partial charge in [0.2, 0.25) is 5.91 Å². The van der Waals surface area contributed by atoms with Gasteiger partial charge >= 0.3 is 0 Å². The van der Waals surface area contributed by atoms with Crippen LogP contribution in [0.5, 0.6) is 5.75 Å². The zero-order chi connectivity index (χ0) is 13.1. The average Bonchev–Trinajstić information content (AvgIpc) is 2.53. The summed E-state index contributed by atoms with van der Waals surface area (Å²) in [5.41, 5.74) is 0.0470. The van der Waals surface area contributed by atoms with E-state index < -0.39 is 11.7 Å². The molecular weight excluding hydrogens is 239 g/mol. The van der Waals surface area contributed by atoms with Gasteiger partial charge in [-0.3, -0.25) is 9.59 Å². The van der Waals surface area contributed by atoms with Gasteiger partial charge in [-0.15, -0.1) is 0 Å². The number of hydrogen-bond donors (Lipinski definition) is 2. The summed E-state index contributed by atoms with van der Waals surface area (Å²) in [6, 6.07) is 3.26. The second-order valence-corrected chi connectivity index (χ2v) is 4.05. The van der Waals surface area contributed by atoms with Crippen LogP contribution in [0.3, 0.4) is 0 Å². The third-order valence-electron chi connectivity index (χ3n) is 2.79. The predicted octanol–water partition coefficient (Wildman–Crippen LogP) is 0.493. The van der Waals surface area contributed by atoms with E-state index in [0.29, 0.717) is 19.6 Å². The van der Waals surface area contributed by atoms with Crippen LogP contribution in [-0.4, -0.2) is 41.5 Å². The Labute approximate surface area is 103 Å². The largest absolute Gasteiger partial charge is 0.507 e. The Morgan fingerprint density at radius 2 is 2.17 bits per heavy atom. The molecular formula is C12H13FN2O3. The Morgan fingerprint density at radius 3 is 2.89 bits per heavy atom. The van der Waals surface area contributed by atoms with E-state index in [1.165, 1.54) is 11.0 Å². The number of carbonyl (C=O) groups excluding carboxylic acids is 2. The highest BCUT2D eigenvalue weighted by atomic mass is 19.1. The lowest BCUT2D eigenvalue weighted by atomic mass is 10.1. The van der Waals surface area contributed by atoms with Crippen molar-refractivity contribution in [2.45, 2.75) is 6.42 Å². The van der Waals surface area contributed by atoms with E-state index in [9.17, 15) is 19.1 Å². The molecule has 2 rings (SSSR count). The number of rotatable bonds is 1. The van der Waals surface area contributed by atoms with Crippen molar-refractivity contribution in [3.05, 3.63) is 29.6 Å². The fraction of sp³-hybridized carbons (Fsp3) is 0.333. The first-order valence-electron chi connectivity index (χ1n) is 5.62. The molecule has 0 atom stereocenters. The second kappa shape index (κ2) is 5.03. The quantitative estimate of drug-likeness (QED) is 0.764. The Kier molecular flexibility index (Phi) is 3.45. The van der Waals surface area contributed by atoms with Gasteiger partial charge in [-0.25, -0.2) is 4.39 Å². The molecule has 0 unspecified atom stereocenters. The summed E-state index contributed by atoms with van der Waals surface area (Å²) in [6.07, 6.45) is 0.230. The highest BCUT2D eigenvalue weighted by Crippen LogP contribution is 2.20. The number of benzene rings is 1. The topological polar surface area (TPSA) is 69.6 Å². The van der Waals surface area contributed by atoms with E-state index in [1.807, 2.05) is 0 Å². The normalized spacial score (nSPS) is 16.1. The molecule has 6 heteroatoms. The molecule has 1 saturated heterocycles. The molecule has 0 spiro atoms. The molecule has 2 N–H and O–H groups in total. The Morgan fingerprint density at radius 1 is 1.39 bits per heavy atom. The van der Waals surface area contributed by atoms with E-state index in [0.717, 1.165) is 12.1 Å². The minimum absolute atomic E-state index is 0.0470. The van der Waals surface area contributed by atoms with Gasteiger partial charge in [0.1, 0.15) is 11.6 Å². The first-order valence-corrected chi connectivity index (χ1v) is 5.62. The summed E-state index contributed by atoms with van der Waals surface area (Å²) in [7, 11) is 0. The number of aromatic hydroxyl groups is 1. The Hall–Kier alpha value is -2.11. The number of halogens is 1. The van der Waals surface area contributed by atoms with Crippen LogP contribution in [0.4, 0.5) is 4.39 Å². The zero-order valence-electron chi connectivity index (χ0n) is 9.65. The van der Waals surface area contributed by atoms with Gasteiger partial charge in [0.25, 0.3) is 5.91 Å². The smallest absolute Gasteiger partial charge is 0.257 e. The standard InChI is InChI=1S/C12H13FN2O3/c13-8-1-2-9(10(16)7-8)12(18)15-5-3-11(17)14-4-6-15/h1-2,7,16H,3-6H2,(H,14,17). The van der Waals surface area contributed by atoms with Crippen molar-refractivity contribution in [3.63, 3.8) is 0 Å². The lowest BCUT2D eigenvalue weighted by Gasteiger charge is -2.19. The molecule has 0 aromatic heterocycles. The summed E-state index contributed by atoms with van der Waals surface area (Å²) in [6.45, 7) is 1.05. The molecule has 5 nitrogen and oxygen atoms in total. The highest BCUT2D eigenvalue weighted by molar-refractivity contribution is 5.97. The molecule has 1 aromatic rings. The van der Waals surface area contributed by atoms with Crippen LogP contribution in [-0.2, 0) is 4.79 Å². The summed E-state index contributed by atoms with van der Waals surface area (Å²) in [4.78, 5) is 24.7. The van der Waals surface area contributed by atoms with E-state index in [4.69, 9.17) is 0 Å². The van der Waals surface area contributed by atoms with Gasteiger partial charge in [-0.05, 0) is 12.1 Å². The van der Waals surface area contributed by atoms with Crippen LogP contribution in [0, 0.1) is 5.82 Å². The minimum Gasteiger partial charge on any atom is -0.507 e. The maximum absolute atomic E-state index is 12.8. The first-order chi connectivity index (χ1) is 8.58. The van der Waals surface area contributed by atoms with Gasteiger partial charge in [0, 0.05) is 32.1 Å². The molecule has 0 aliphatic carbocycles. The number of nitrogens with one attached hydrogen (secondary N) is 1. The number of carbonyl (C=O) groups is 2. The van der Waals surface area contributed by atoms with Crippen molar-refractivity contribution in [1.29, 1.82) is 0 Å². The van der Waals surface area contributed by atoms with Crippen molar-refractivity contribution in [2.75, 3.05) is 19.6 Å². The van der Waals surface area contributed by atoms with Gasteiger partial charge in [0.15, 0.2) is 0 Å². The fourth-order valence-electron chi connectivity index (χ4n) is 1.83. The molecule has 0 radical (unpaired) electrons. The number of amides is 2. The maximum Gasteiger partial charge on any atom is 0.257 e. The second-order valence-electron chi connectivity index (χ2n) is 4.05. The molecule has 2 amide bonds. The summed E-state index contributed by atoms with van der Waals surface area (Å²) < 4.78 is 12.8. The van der Waals surface area contributed by atoms with Crippen molar-refractivity contribution < 1.29 is 19.1 Å². The van der Waals surface area contributed by atoms with Gasteiger partial charge in [-0.1, -0.05) is 0 Å². The molecule has 1 aromatic carbocycles. The van der Waals surface area contributed by atoms with E-state index in [-0.39, 0.29) is 23.6 Å². The third kappa shape index (κ3) is 2.58.